The van der Waals surface area contributed by atoms with E-state index in [2.05, 4.69) is 0 Å². The Morgan fingerprint density at radius 3 is 2.63 bits per heavy atom. The van der Waals surface area contributed by atoms with E-state index in [1.54, 1.807) is 6.07 Å². The molecule has 0 aliphatic rings. The molecule has 0 saturated carbocycles. The topological polar surface area (TPSA) is 52.4 Å². The molecule has 2 aromatic carbocycles. The molecule has 0 aliphatic heterocycles. The smallest absolute Gasteiger partial charge is 0.276 e. The van der Waals surface area contributed by atoms with Crippen molar-refractivity contribution < 1.29 is 14.1 Å². The van der Waals surface area contributed by atoms with Crippen LogP contribution in [0.25, 0.3) is 0 Å². The van der Waals surface area contributed by atoms with Crippen molar-refractivity contribution in [2.45, 2.75) is 13.8 Å². The Balaban J connectivity index is 2.38. The number of benzene rings is 2. The van der Waals surface area contributed by atoms with Crippen LogP contribution in [0.1, 0.15) is 11.1 Å². The summed E-state index contributed by atoms with van der Waals surface area (Å²) < 4.78 is 18.8. The number of aryl methyl sites for hydroxylation is 1. The molecule has 0 aliphatic carbocycles. The molecule has 0 fully saturated rings. The van der Waals surface area contributed by atoms with Gasteiger partial charge in [0.25, 0.3) is 5.69 Å². The molecule has 0 unspecified atom stereocenters. The van der Waals surface area contributed by atoms with Crippen LogP contribution in [-0.2, 0) is 0 Å². The van der Waals surface area contributed by atoms with Crippen molar-refractivity contribution in [3.63, 3.8) is 0 Å². The van der Waals surface area contributed by atoms with Crippen LogP contribution in [0.5, 0.6) is 11.5 Å². The van der Waals surface area contributed by atoms with Gasteiger partial charge in [0.05, 0.1) is 17.1 Å². The molecule has 19 heavy (non-hydrogen) atoms. The third-order valence-corrected chi connectivity index (χ3v) is 2.85. The van der Waals surface area contributed by atoms with Crippen molar-refractivity contribution in [3.8, 4) is 11.5 Å². The molecule has 0 heterocycles. The monoisotopic (exact) mass is 261 g/mol. The highest BCUT2D eigenvalue weighted by atomic mass is 19.1. The largest absolute Gasteiger partial charge is 0.457 e. The molecule has 0 bridgehead atoms. The summed E-state index contributed by atoms with van der Waals surface area (Å²) in [6.07, 6.45) is 0. The fourth-order valence-corrected chi connectivity index (χ4v) is 1.67. The fourth-order valence-electron chi connectivity index (χ4n) is 1.67. The minimum absolute atomic E-state index is 0.111. The number of nitro benzene ring substituents is 1. The second-order valence-corrected chi connectivity index (χ2v) is 4.20. The van der Waals surface area contributed by atoms with E-state index in [0.717, 1.165) is 23.3 Å². The minimum atomic E-state index is -0.700. The van der Waals surface area contributed by atoms with Gasteiger partial charge in [-0.3, -0.25) is 10.1 Å². The lowest BCUT2D eigenvalue weighted by Gasteiger charge is -2.10. The van der Waals surface area contributed by atoms with Crippen LogP contribution < -0.4 is 4.74 Å². The summed E-state index contributed by atoms with van der Waals surface area (Å²) in [6.45, 7) is 3.80. The number of hydrogen-bond donors (Lipinski definition) is 0. The summed E-state index contributed by atoms with van der Waals surface area (Å²) in [5, 5.41) is 10.7. The fraction of sp³-hybridized carbons (Fsp3) is 0.143. The number of nitrogens with zero attached hydrogens (tertiary/aromatic N) is 1. The van der Waals surface area contributed by atoms with Gasteiger partial charge in [-0.25, -0.2) is 4.39 Å². The van der Waals surface area contributed by atoms with Gasteiger partial charge in [-0.2, -0.15) is 0 Å². The zero-order chi connectivity index (χ0) is 14.0. The van der Waals surface area contributed by atoms with E-state index in [1.165, 1.54) is 6.07 Å². The Labute approximate surface area is 109 Å². The Morgan fingerprint density at radius 1 is 1.21 bits per heavy atom. The van der Waals surface area contributed by atoms with Gasteiger partial charge in [0.15, 0.2) is 0 Å². The first-order valence-electron chi connectivity index (χ1n) is 5.66. The lowest BCUT2D eigenvalue weighted by atomic mass is 10.1. The number of non-ortho nitro benzene ring substituents is 1. The average Bonchev–Trinajstić information content (AvgIpc) is 2.34. The Morgan fingerprint density at radius 2 is 1.95 bits per heavy atom. The summed E-state index contributed by atoms with van der Waals surface area (Å²) in [5.74, 6) is -0.0326. The predicted molar refractivity (Wildman–Crippen MR) is 69.0 cm³/mol. The first-order chi connectivity index (χ1) is 8.97. The highest BCUT2D eigenvalue weighted by molar-refractivity contribution is 5.44. The van der Waals surface area contributed by atoms with E-state index in [-0.39, 0.29) is 11.4 Å². The maximum Gasteiger partial charge on any atom is 0.276 e. The number of halogens is 1. The molecular weight excluding hydrogens is 249 g/mol. The highest BCUT2D eigenvalue weighted by Crippen LogP contribution is 2.29. The number of hydrogen-bond acceptors (Lipinski definition) is 3. The summed E-state index contributed by atoms with van der Waals surface area (Å²) >= 11 is 0. The van der Waals surface area contributed by atoms with Gasteiger partial charge < -0.3 is 4.74 Å². The Hall–Kier alpha value is -2.43. The standard InChI is InChI=1S/C14H12FNO3/c1-9-4-3-5-14(10(9)2)19-13-7-11(15)6-12(8-13)16(17)18/h3-8H,1-2H3. The third-order valence-electron chi connectivity index (χ3n) is 2.85. The van der Waals surface area contributed by atoms with Crippen molar-refractivity contribution in [3.05, 3.63) is 63.5 Å². The van der Waals surface area contributed by atoms with Crippen LogP contribution in [0.15, 0.2) is 36.4 Å². The van der Waals surface area contributed by atoms with Crippen molar-refractivity contribution >= 4 is 5.69 Å². The van der Waals surface area contributed by atoms with Gasteiger partial charge in [0, 0.05) is 6.07 Å². The molecule has 0 spiro atoms. The van der Waals surface area contributed by atoms with Crippen molar-refractivity contribution in [1.29, 1.82) is 0 Å². The minimum Gasteiger partial charge on any atom is -0.457 e. The quantitative estimate of drug-likeness (QED) is 0.616. The van der Waals surface area contributed by atoms with Gasteiger partial charge in [0.1, 0.15) is 17.3 Å². The molecule has 0 saturated heterocycles. The van der Waals surface area contributed by atoms with E-state index < -0.39 is 10.7 Å². The van der Waals surface area contributed by atoms with Crippen LogP contribution in [0, 0.1) is 29.8 Å². The van der Waals surface area contributed by atoms with Gasteiger partial charge in [-0.05, 0) is 31.0 Å². The normalized spacial score (nSPS) is 10.3. The molecule has 0 atom stereocenters. The molecular formula is C14H12FNO3. The predicted octanol–water partition coefficient (Wildman–Crippen LogP) is 4.14. The van der Waals surface area contributed by atoms with Gasteiger partial charge in [0.2, 0.25) is 0 Å². The van der Waals surface area contributed by atoms with Crippen LogP contribution in [-0.4, -0.2) is 4.92 Å². The van der Waals surface area contributed by atoms with E-state index in [9.17, 15) is 14.5 Å². The molecule has 0 aromatic heterocycles. The molecule has 2 aromatic rings. The Bertz CT molecular complexity index is 641. The van der Waals surface area contributed by atoms with Crippen LogP contribution in [0.4, 0.5) is 10.1 Å². The summed E-state index contributed by atoms with van der Waals surface area (Å²) in [5.41, 5.74) is 1.61. The number of nitro groups is 1. The van der Waals surface area contributed by atoms with Gasteiger partial charge in [-0.15, -0.1) is 0 Å². The van der Waals surface area contributed by atoms with Crippen molar-refractivity contribution in [2.75, 3.05) is 0 Å². The SMILES string of the molecule is Cc1cccc(Oc2cc(F)cc([N+](=O)[O-])c2)c1C. The van der Waals surface area contributed by atoms with E-state index in [0.29, 0.717) is 5.75 Å². The van der Waals surface area contributed by atoms with Crippen LogP contribution in [0.2, 0.25) is 0 Å². The molecule has 0 N–H and O–H groups in total. The molecule has 0 radical (unpaired) electrons. The lowest BCUT2D eigenvalue weighted by molar-refractivity contribution is -0.385. The molecule has 2 rings (SSSR count). The lowest BCUT2D eigenvalue weighted by Crippen LogP contribution is -1.93. The van der Waals surface area contributed by atoms with Crippen LogP contribution >= 0.6 is 0 Å². The summed E-state index contributed by atoms with van der Waals surface area (Å²) in [7, 11) is 0. The molecule has 0 amide bonds. The van der Waals surface area contributed by atoms with E-state index in [1.807, 2.05) is 26.0 Å². The third kappa shape index (κ3) is 2.88. The molecule has 98 valence electrons. The highest BCUT2D eigenvalue weighted by Gasteiger charge is 2.12. The number of ether oxygens (including phenoxy) is 1. The second-order valence-electron chi connectivity index (χ2n) is 4.20. The first kappa shape index (κ1) is 13.0. The summed E-state index contributed by atoms with van der Waals surface area (Å²) in [4.78, 5) is 10.0. The van der Waals surface area contributed by atoms with Gasteiger partial charge >= 0.3 is 0 Å². The van der Waals surface area contributed by atoms with Crippen molar-refractivity contribution in [2.24, 2.45) is 0 Å². The maximum absolute atomic E-state index is 13.3. The van der Waals surface area contributed by atoms with E-state index >= 15 is 0 Å². The zero-order valence-corrected chi connectivity index (χ0v) is 10.5. The zero-order valence-electron chi connectivity index (χ0n) is 10.5. The molecule has 5 heteroatoms. The Kier molecular flexibility index (Phi) is 3.46. The van der Waals surface area contributed by atoms with E-state index in [4.69, 9.17) is 4.74 Å². The maximum atomic E-state index is 13.3. The molecule has 4 nitrogen and oxygen atoms in total. The summed E-state index contributed by atoms with van der Waals surface area (Å²) in [6, 6.07) is 8.65. The van der Waals surface area contributed by atoms with Crippen LogP contribution in [0.3, 0.4) is 0 Å². The first-order valence-corrected chi connectivity index (χ1v) is 5.66. The van der Waals surface area contributed by atoms with Crippen molar-refractivity contribution in [1.82, 2.24) is 0 Å². The van der Waals surface area contributed by atoms with Gasteiger partial charge in [-0.1, -0.05) is 12.1 Å². The second kappa shape index (κ2) is 5.06. The average molecular weight is 261 g/mol. The number of rotatable bonds is 3.